The maximum atomic E-state index is 10.5. The molecular weight excluding hydrogens is 190 g/mol. The standard InChI is InChI=1S/C12H17NO2/c1-10-3-5-12(6-4-10)9-15-8-7-13-11(2)14/h3-6H,7-9H2,1-2H3,(H,13,14). The van der Waals surface area contributed by atoms with E-state index >= 15 is 0 Å². The number of rotatable bonds is 5. The molecule has 0 unspecified atom stereocenters. The van der Waals surface area contributed by atoms with Crippen LogP contribution in [0, 0.1) is 6.92 Å². The van der Waals surface area contributed by atoms with E-state index in [1.54, 1.807) is 0 Å². The van der Waals surface area contributed by atoms with Crippen molar-refractivity contribution in [3.8, 4) is 0 Å². The lowest BCUT2D eigenvalue weighted by Crippen LogP contribution is -2.24. The molecule has 0 radical (unpaired) electrons. The first kappa shape index (κ1) is 11.7. The number of amides is 1. The van der Waals surface area contributed by atoms with E-state index in [0.29, 0.717) is 19.8 Å². The molecule has 1 aromatic rings. The van der Waals surface area contributed by atoms with Crippen molar-refractivity contribution in [3.63, 3.8) is 0 Å². The third-order valence-electron chi connectivity index (χ3n) is 2.01. The molecular formula is C12H17NO2. The average Bonchev–Trinajstić information content (AvgIpc) is 2.20. The number of carbonyl (C=O) groups is 1. The number of aryl methyl sites for hydroxylation is 1. The monoisotopic (exact) mass is 207 g/mol. The molecule has 0 bridgehead atoms. The van der Waals surface area contributed by atoms with Crippen LogP contribution in [0.1, 0.15) is 18.1 Å². The van der Waals surface area contributed by atoms with Crippen LogP contribution >= 0.6 is 0 Å². The van der Waals surface area contributed by atoms with Crippen LogP contribution in [0.15, 0.2) is 24.3 Å². The second kappa shape index (κ2) is 6.19. The Labute approximate surface area is 90.4 Å². The zero-order valence-corrected chi connectivity index (χ0v) is 9.25. The summed E-state index contributed by atoms with van der Waals surface area (Å²) in [6.45, 7) is 5.27. The molecule has 0 aliphatic heterocycles. The Kier molecular flexibility index (Phi) is 4.84. The molecule has 0 aliphatic carbocycles. The Morgan fingerprint density at radius 3 is 2.60 bits per heavy atom. The Morgan fingerprint density at radius 2 is 2.00 bits per heavy atom. The fourth-order valence-electron chi connectivity index (χ4n) is 1.17. The van der Waals surface area contributed by atoms with Crippen molar-refractivity contribution in [1.29, 1.82) is 0 Å². The van der Waals surface area contributed by atoms with Gasteiger partial charge in [0.05, 0.1) is 13.2 Å². The predicted octanol–water partition coefficient (Wildman–Crippen LogP) is 1.65. The van der Waals surface area contributed by atoms with Gasteiger partial charge in [-0.25, -0.2) is 0 Å². The lowest BCUT2D eigenvalue weighted by Gasteiger charge is -2.05. The lowest BCUT2D eigenvalue weighted by atomic mass is 10.2. The SMILES string of the molecule is CC(=O)NCCOCc1ccc(C)cc1. The van der Waals surface area contributed by atoms with Crippen LogP contribution in [0.2, 0.25) is 0 Å². The van der Waals surface area contributed by atoms with E-state index in [1.807, 2.05) is 12.1 Å². The van der Waals surface area contributed by atoms with E-state index in [-0.39, 0.29) is 5.91 Å². The Morgan fingerprint density at radius 1 is 1.33 bits per heavy atom. The first-order valence-corrected chi connectivity index (χ1v) is 5.06. The van der Waals surface area contributed by atoms with Gasteiger partial charge < -0.3 is 10.1 Å². The molecule has 0 aromatic heterocycles. The molecule has 1 rings (SSSR count). The molecule has 15 heavy (non-hydrogen) atoms. The highest BCUT2D eigenvalue weighted by atomic mass is 16.5. The number of carbonyl (C=O) groups excluding carboxylic acids is 1. The van der Waals surface area contributed by atoms with Gasteiger partial charge in [-0.1, -0.05) is 29.8 Å². The highest BCUT2D eigenvalue weighted by Crippen LogP contribution is 2.03. The third kappa shape index (κ3) is 5.18. The van der Waals surface area contributed by atoms with Gasteiger partial charge in [-0.2, -0.15) is 0 Å². The topological polar surface area (TPSA) is 38.3 Å². The van der Waals surface area contributed by atoms with Gasteiger partial charge in [0.15, 0.2) is 0 Å². The molecule has 1 aromatic carbocycles. The van der Waals surface area contributed by atoms with Crippen LogP contribution in [-0.2, 0) is 16.1 Å². The minimum absolute atomic E-state index is 0.0195. The van der Waals surface area contributed by atoms with Crippen LogP contribution in [-0.4, -0.2) is 19.1 Å². The summed E-state index contributed by atoms with van der Waals surface area (Å²) in [6.07, 6.45) is 0. The molecule has 3 nitrogen and oxygen atoms in total. The van der Waals surface area contributed by atoms with E-state index in [0.717, 1.165) is 5.56 Å². The second-order valence-corrected chi connectivity index (χ2v) is 3.52. The van der Waals surface area contributed by atoms with Crippen molar-refractivity contribution >= 4 is 5.91 Å². The molecule has 0 spiro atoms. The zero-order valence-electron chi connectivity index (χ0n) is 9.25. The summed E-state index contributed by atoms with van der Waals surface area (Å²) in [5.41, 5.74) is 2.40. The van der Waals surface area contributed by atoms with E-state index in [4.69, 9.17) is 4.74 Å². The van der Waals surface area contributed by atoms with Gasteiger partial charge in [-0.05, 0) is 12.5 Å². The van der Waals surface area contributed by atoms with E-state index in [9.17, 15) is 4.79 Å². The van der Waals surface area contributed by atoms with Crippen molar-refractivity contribution in [2.45, 2.75) is 20.5 Å². The maximum absolute atomic E-state index is 10.5. The van der Waals surface area contributed by atoms with Gasteiger partial charge in [-0.15, -0.1) is 0 Å². The van der Waals surface area contributed by atoms with Gasteiger partial charge in [0.1, 0.15) is 0 Å². The van der Waals surface area contributed by atoms with Crippen molar-refractivity contribution in [1.82, 2.24) is 5.32 Å². The normalized spacial score (nSPS) is 10.0. The Bertz CT molecular complexity index is 306. The molecule has 0 aliphatic rings. The van der Waals surface area contributed by atoms with Gasteiger partial charge in [0.2, 0.25) is 5.91 Å². The third-order valence-corrected chi connectivity index (χ3v) is 2.01. The van der Waals surface area contributed by atoms with Gasteiger partial charge in [0.25, 0.3) is 0 Å². The van der Waals surface area contributed by atoms with Gasteiger partial charge >= 0.3 is 0 Å². The predicted molar refractivity (Wildman–Crippen MR) is 59.5 cm³/mol. The van der Waals surface area contributed by atoms with Crippen molar-refractivity contribution < 1.29 is 9.53 Å². The number of nitrogens with one attached hydrogen (secondary N) is 1. The van der Waals surface area contributed by atoms with E-state index in [1.165, 1.54) is 12.5 Å². The zero-order chi connectivity index (χ0) is 11.1. The molecule has 0 atom stereocenters. The summed E-state index contributed by atoms with van der Waals surface area (Å²) < 4.78 is 5.40. The van der Waals surface area contributed by atoms with Crippen LogP contribution in [0.25, 0.3) is 0 Å². The number of hydrogen-bond donors (Lipinski definition) is 1. The van der Waals surface area contributed by atoms with Crippen molar-refractivity contribution in [2.75, 3.05) is 13.2 Å². The van der Waals surface area contributed by atoms with E-state index in [2.05, 4.69) is 24.4 Å². The molecule has 1 amide bonds. The van der Waals surface area contributed by atoms with Gasteiger partial charge in [-0.3, -0.25) is 4.79 Å². The first-order chi connectivity index (χ1) is 7.18. The molecule has 82 valence electrons. The molecule has 0 saturated heterocycles. The highest BCUT2D eigenvalue weighted by Gasteiger charge is 1.93. The molecule has 0 saturated carbocycles. The Balaban J connectivity index is 2.15. The van der Waals surface area contributed by atoms with Gasteiger partial charge in [0, 0.05) is 13.5 Å². The molecule has 3 heteroatoms. The summed E-state index contributed by atoms with van der Waals surface area (Å²) in [5.74, 6) is -0.0195. The quantitative estimate of drug-likeness (QED) is 0.745. The lowest BCUT2D eigenvalue weighted by molar-refractivity contribution is -0.119. The average molecular weight is 207 g/mol. The molecule has 0 fully saturated rings. The maximum Gasteiger partial charge on any atom is 0.216 e. The molecule has 0 heterocycles. The summed E-state index contributed by atoms with van der Waals surface area (Å²) in [7, 11) is 0. The van der Waals surface area contributed by atoms with Crippen molar-refractivity contribution in [2.24, 2.45) is 0 Å². The summed E-state index contributed by atoms with van der Waals surface area (Å²) >= 11 is 0. The fourth-order valence-corrected chi connectivity index (χ4v) is 1.17. The minimum atomic E-state index is -0.0195. The fraction of sp³-hybridized carbons (Fsp3) is 0.417. The number of hydrogen-bond acceptors (Lipinski definition) is 2. The summed E-state index contributed by atoms with van der Waals surface area (Å²) in [6, 6.07) is 8.22. The van der Waals surface area contributed by atoms with Crippen molar-refractivity contribution in [3.05, 3.63) is 35.4 Å². The number of ether oxygens (including phenoxy) is 1. The smallest absolute Gasteiger partial charge is 0.216 e. The summed E-state index contributed by atoms with van der Waals surface area (Å²) in [5, 5.41) is 2.68. The molecule has 1 N–H and O–H groups in total. The Hall–Kier alpha value is -1.35. The van der Waals surface area contributed by atoms with Crippen LogP contribution in [0.3, 0.4) is 0 Å². The van der Waals surface area contributed by atoms with Crippen LogP contribution in [0.4, 0.5) is 0 Å². The van der Waals surface area contributed by atoms with Crippen LogP contribution < -0.4 is 5.32 Å². The van der Waals surface area contributed by atoms with Crippen LogP contribution in [0.5, 0.6) is 0 Å². The highest BCUT2D eigenvalue weighted by molar-refractivity contribution is 5.72. The summed E-state index contributed by atoms with van der Waals surface area (Å²) in [4.78, 5) is 10.5. The second-order valence-electron chi connectivity index (χ2n) is 3.52. The largest absolute Gasteiger partial charge is 0.375 e. The number of benzene rings is 1. The minimum Gasteiger partial charge on any atom is -0.375 e. The van der Waals surface area contributed by atoms with E-state index < -0.39 is 0 Å². The first-order valence-electron chi connectivity index (χ1n) is 5.06.